The van der Waals surface area contributed by atoms with Crippen molar-refractivity contribution in [3.63, 3.8) is 0 Å². The van der Waals surface area contributed by atoms with Gasteiger partial charge >= 0.3 is 5.97 Å². The zero-order valence-electron chi connectivity index (χ0n) is 28.2. The van der Waals surface area contributed by atoms with Crippen LogP contribution in [0.5, 0.6) is 5.75 Å². The lowest BCUT2D eigenvalue weighted by molar-refractivity contribution is -0.160. The molecule has 0 spiro atoms. The Labute approximate surface area is 275 Å². The summed E-state index contributed by atoms with van der Waals surface area (Å²) in [6.07, 6.45) is 2.82. The van der Waals surface area contributed by atoms with Crippen molar-refractivity contribution in [1.82, 2.24) is 14.6 Å². The molecule has 10 heteroatoms. The summed E-state index contributed by atoms with van der Waals surface area (Å²) in [5, 5.41) is 15.5. The fourth-order valence-electron chi connectivity index (χ4n) is 6.63. The molecule has 3 aliphatic rings. The third-order valence-corrected chi connectivity index (χ3v) is 9.09. The predicted molar refractivity (Wildman–Crippen MR) is 180 cm³/mol. The van der Waals surface area contributed by atoms with Gasteiger partial charge in [0.1, 0.15) is 17.4 Å². The van der Waals surface area contributed by atoms with E-state index in [2.05, 4.69) is 11.8 Å². The number of aromatic nitrogens is 3. The molecular weight excluding hydrogens is 599 g/mol. The second-order valence-electron chi connectivity index (χ2n) is 14.1. The highest BCUT2D eigenvalue weighted by Crippen LogP contribution is 2.40. The van der Waals surface area contributed by atoms with Crippen LogP contribution in [-0.4, -0.2) is 62.7 Å². The fraction of sp³-hybridized carbons (Fsp3) is 0.486. The van der Waals surface area contributed by atoms with Gasteiger partial charge in [0.25, 0.3) is 0 Å². The number of ether oxygens (including phenoxy) is 3. The Hall–Kier alpha value is -4.02. The number of nitrogens with zero attached hydrogens (tertiary/aromatic N) is 4. The molecule has 9 nitrogen and oxygen atoms in total. The smallest absolute Gasteiger partial charge is 0.337 e. The van der Waals surface area contributed by atoms with E-state index in [9.17, 15) is 9.90 Å². The first-order chi connectivity index (χ1) is 22.3. The molecule has 5 heterocycles. The second-order valence-corrected chi connectivity index (χ2v) is 14.1. The van der Waals surface area contributed by atoms with Gasteiger partial charge in [-0.3, -0.25) is 0 Å². The number of halogens is 1. The van der Waals surface area contributed by atoms with Crippen LogP contribution in [0.25, 0.3) is 28.0 Å². The fourth-order valence-corrected chi connectivity index (χ4v) is 6.63. The van der Waals surface area contributed by atoms with E-state index < -0.39 is 17.7 Å². The molecule has 1 fully saturated rings. The maximum absolute atomic E-state index is 15.5. The first kappa shape index (κ1) is 32.9. The van der Waals surface area contributed by atoms with Crippen molar-refractivity contribution >= 4 is 17.4 Å². The Kier molecular flexibility index (Phi) is 9.02. The lowest BCUT2D eigenvalue weighted by Gasteiger charge is -2.41. The molecule has 250 valence electrons. The molecule has 2 aromatic heterocycles. The van der Waals surface area contributed by atoms with Crippen molar-refractivity contribution in [3.05, 3.63) is 65.6 Å². The van der Waals surface area contributed by atoms with Crippen LogP contribution in [0.1, 0.15) is 84.1 Å². The third kappa shape index (κ3) is 6.99. The molecule has 0 aliphatic carbocycles. The number of aliphatic carboxylic acids is 1. The number of carboxylic acid groups (broad SMARTS) is 1. The lowest BCUT2D eigenvalue weighted by atomic mass is 9.92. The van der Waals surface area contributed by atoms with Crippen LogP contribution in [0.3, 0.4) is 0 Å². The van der Waals surface area contributed by atoms with Crippen LogP contribution in [0.2, 0.25) is 0 Å². The minimum Gasteiger partial charge on any atom is -0.490 e. The predicted octanol–water partition coefficient (Wildman–Crippen LogP) is 7.78. The number of aryl methyl sites for hydroxylation is 1. The van der Waals surface area contributed by atoms with Gasteiger partial charge in [-0.2, -0.15) is 9.61 Å². The van der Waals surface area contributed by atoms with Gasteiger partial charge in [-0.25, -0.2) is 14.2 Å². The van der Waals surface area contributed by atoms with Gasteiger partial charge in [-0.15, -0.1) is 0 Å². The molecule has 0 unspecified atom stereocenters. The SMILES string of the molecule is Cc1nc2cc3nn2c(c1[C@H](OC(C)(C)C)C(=O)O)N1CCC(C)(CC1)OCCCC[C@H](C)Oc1cccc(F)c1-c1cccc-3c1. The number of fused-ring (bicyclic) bond motifs is 8. The quantitative estimate of drug-likeness (QED) is 0.242. The number of hydrogen-bond donors (Lipinski definition) is 1. The topological polar surface area (TPSA) is 98.4 Å². The van der Waals surface area contributed by atoms with E-state index in [-0.39, 0.29) is 17.5 Å². The monoisotopic (exact) mass is 644 g/mol. The Morgan fingerprint density at radius 1 is 1.11 bits per heavy atom. The summed E-state index contributed by atoms with van der Waals surface area (Å²) in [5.74, 6) is -0.302. The Balaban J connectivity index is 1.54. The van der Waals surface area contributed by atoms with Crippen LogP contribution in [0.4, 0.5) is 10.2 Å². The maximum atomic E-state index is 15.5. The number of carbonyl (C=O) groups is 1. The number of carboxylic acids is 1. The second kappa shape index (κ2) is 12.9. The summed E-state index contributed by atoms with van der Waals surface area (Å²) in [5.41, 5.74) is 3.09. The summed E-state index contributed by atoms with van der Waals surface area (Å²) in [7, 11) is 0. The molecule has 0 radical (unpaired) electrons. The Morgan fingerprint density at radius 2 is 1.83 bits per heavy atom. The van der Waals surface area contributed by atoms with Crippen molar-refractivity contribution in [2.75, 3.05) is 24.6 Å². The highest BCUT2D eigenvalue weighted by molar-refractivity contribution is 5.80. The first-order valence-electron chi connectivity index (χ1n) is 16.6. The molecule has 2 aromatic carbocycles. The number of hydrogen-bond acceptors (Lipinski definition) is 7. The first-order valence-corrected chi connectivity index (χ1v) is 16.6. The van der Waals surface area contributed by atoms with Gasteiger partial charge in [0.2, 0.25) is 0 Å². The van der Waals surface area contributed by atoms with Crippen LogP contribution in [0.15, 0.2) is 48.5 Å². The summed E-state index contributed by atoms with van der Waals surface area (Å²) in [4.78, 5) is 19.8. The molecule has 2 atom stereocenters. The minimum absolute atomic E-state index is 0.0968. The molecule has 0 saturated carbocycles. The number of anilines is 1. The average molecular weight is 645 g/mol. The van der Waals surface area contributed by atoms with E-state index in [0.717, 1.165) is 37.7 Å². The van der Waals surface area contributed by atoms with E-state index in [0.29, 0.717) is 65.0 Å². The van der Waals surface area contributed by atoms with Gasteiger partial charge in [-0.1, -0.05) is 24.3 Å². The van der Waals surface area contributed by atoms with Gasteiger partial charge in [-0.05, 0) is 97.4 Å². The van der Waals surface area contributed by atoms with Gasteiger partial charge in [0.15, 0.2) is 11.8 Å². The van der Waals surface area contributed by atoms with Crippen LogP contribution in [-0.2, 0) is 14.3 Å². The summed E-state index contributed by atoms with van der Waals surface area (Å²) in [6.45, 7) is 13.5. The minimum atomic E-state index is -1.25. The molecular formula is C37H45FN4O5. The summed E-state index contributed by atoms with van der Waals surface area (Å²) in [6, 6.07) is 14.4. The van der Waals surface area contributed by atoms with Crippen molar-refractivity contribution in [1.29, 1.82) is 0 Å². The standard InChI is InChI=1S/C37H45FN4O5/c1-23-11-7-8-20-45-37(6)16-18-41(19-17-37)34-31(33(35(43)44)47-36(3,4)5)24(2)39-30-22-28(40-42(30)34)25-12-9-13-26(21-25)32-27(38)14-10-15-29(32)46-23/h9-10,12-15,21-23,33H,7-8,11,16-20H2,1-6H3,(H,43,44)/t23-,33-/m0/s1. The molecule has 6 bridgehead atoms. The van der Waals surface area contributed by atoms with E-state index >= 15 is 4.39 Å². The zero-order chi connectivity index (χ0) is 33.5. The molecule has 1 saturated heterocycles. The highest BCUT2D eigenvalue weighted by atomic mass is 19.1. The van der Waals surface area contributed by atoms with E-state index in [4.69, 9.17) is 24.3 Å². The van der Waals surface area contributed by atoms with E-state index in [1.54, 1.807) is 10.6 Å². The van der Waals surface area contributed by atoms with Gasteiger partial charge in [0, 0.05) is 37.0 Å². The number of benzene rings is 2. The van der Waals surface area contributed by atoms with Crippen molar-refractivity contribution < 1.29 is 28.5 Å². The molecule has 4 aromatic rings. The lowest BCUT2D eigenvalue weighted by Crippen LogP contribution is -2.46. The van der Waals surface area contributed by atoms with Gasteiger partial charge in [0.05, 0.1) is 34.1 Å². The molecule has 0 amide bonds. The van der Waals surface area contributed by atoms with Crippen molar-refractivity contribution in [2.24, 2.45) is 0 Å². The normalized spacial score (nSPS) is 21.3. The summed E-state index contributed by atoms with van der Waals surface area (Å²) < 4.78 is 36.2. The number of rotatable bonds is 3. The van der Waals surface area contributed by atoms with Crippen LogP contribution < -0.4 is 9.64 Å². The van der Waals surface area contributed by atoms with Crippen LogP contribution >= 0.6 is 0 Å². The largest absolute Gasteiger partial charge is 0.490 e. The van der Waals surface area contributed by atoms with Crippen molar-refractivity contribution in [3.8, 4) is 28.1 Å². The molecule has 7 rings (SSSR count). The third-order valence-electron chi connectivity index (χ3n) is 9.09. The zero-order valence-corrected chi connectivity index (χ0v) is 28.2. The average Bonchev–Trinajstić information content (AvgIpc) is 3.43. The maximum Gasteiger partial charge on any atom is 0.337 e. The molecule has 1 N–H and O–H groups in total. The molecule has 3 aliphatic heterocycles. The Bertz CT molecular complexity index is 1770. The van der Waals surface area contributed by atoms with Gasteiger partial charge < -0.3 is 24.2 Å². The highest BCUT2D eigenvalue weighted by Gasteiger charge is 2.38. The van der Waals surface area contributed by atoms with E-state index in [1.807, 2.05) is 71.0 Å². The summed E-state index contributed by atoms with van der Waals surface area (Å²) >= 11 is 0. The Morgan fingerprint density at radius 3 is 2.55 bits per heavy atom. The molecule has 47 heavy (non-hydrogen) atoms. The van der Waals surface area contributed by atoms with Crippen LogP contribution in [0, 0.1) is 12.7 Å². The number of piperidine rings is 1. The van der Waals surface area contributed by atoms with E-state index in [1.165, 1.54) is 6.07 Å². The van der Waals surface area contributed by atoms with Crippen molar-refractivity contribution in [2.45, 2.75) is 97.1 Å².